The molecule has 1 fully saturated rings. The zero-order valence-electron chi connectivity index (χ0n) is 19.1. The summed E-state index contributed by atoms with van der Waals surface area (Å²) < 4.78 is 13.8. The minimum absolute atomic E-state index is 0.0809. The van der Waals surface area contributed by atoms with E-state index in [0.717, 1.165) is 41.3 Å². The molecule has 1 saturated heterocycles. The lowest BCUT2D eigenvalue weighted by atomic mass is 9.99. The van der Waals surface area contributed by atoms with Crippen molar-refractivity contribution in [3.63, 3.8) is 0 Å². The first kappa shape index (κ1) is 22.0. The van der Waals surface area contributed by atoms with Gasteiger partial charge in [0.25, 0.3) is 0 Å². The monoisotopic (exact) mass is 439 g/mol. The zero-order chi connectivity index (χ0) is 23.0. The van der Waals surface area contributed by atoms with Crippen molar-refractivity contribution in [1.82, 2.24) is 25.5 Å². The predicted molar refractivity (Wildman–Crippen MR) is 122 cm³/mol. The number of H-pyrrole nitrogens is 1. The number of amides is 1. The van der Waals surface area contributed by atoms with E-state index in [1.165, 1.54) is 5.56 Å². The number of aryl methyl sites for hydroxylation is 2. The van der Waals surface area contributed by atoms with Gasteiger partial charge < -0.3 is 10.2 Å². The van der Waals surface area contributed by atoms with Gasteiger partial charge in [0.05, 0.1) is 31.4 Å². The number of aromatic amines is 1. The quantitative estimate of drug-likeness (QED) is 0.393. The average molecular weight is 440 g/mol. The lowest BCUT2D eigenvalue weighted by molar-refractivity contribution is -0.118. The molecule has 2 aromatic rings. The second-order valence-corrected chi connectivity index (χ2v) is 9.01. The second-order valence-electron chi connectivity index (χ2n) is 9.01. The molecule has 0 unspecified atom stereocenters. The Balaban J connectivity index is 1.39. The van der Waals surface area contributed by atoms with Gasteiger partial charge in [-0.1, -0.05) is 6.07 Å². The Morgan fingerprint density at radius 3 is 2.88 bits per heavy atom. The van der Waals surface area contributed by atoms with Gasteiger partial charge in [-0.15, -0.1) is 0 Å². The van der Waals surface area contributed by atoms with Crippen molar-refractivity contribution in [2.75, 3.05) is 18.0 Å². The number of carbonyl (C=O) groups excluding carboxylic acids is 1. The molecule has 4 rings (SSSR count). The van der Waals surface area contributed by atoms with Crippen LogP contribution in [0, 0.1) is 13.8 Å². The van der Waals surface area contributed by atoms with Gasteiger partial charge >= 0.3 is 0 Å². The van der Waals surface area contributed by atoms with Gasteiger partial charge in [0.2, 0.25) is 5.91 Å². The molecule has 1 aliphatic heterocycles. The van der Waals surface area contributed by atoms with Crippen molar-refractivity contribution in [3.05, 3.63) is 52.1 Å². The van der Waals surface area contributed by atoms with Gasteiger partial charge in [-0.2, -0.15) is 10.2 Å². The molecule has 1 aliphatic carbocycles. The third-order valence-corrected chi connectivity index (χ3v) is 6.18. The minimum Gasteiger partial charge on any atom is -0.350 e. The van der Waals surface area contributed by atoms with Crippen LogP contribution in [0.15, 0.2) is 29.0 Å². The van der Waals surface area contributed by atoms with E-state index in [-0.39, 0.29) is 11.9 Å². The third kappa shape index (κ3) is 4.37. The molecular formula is C23H30FN7O. The highest BCUT2D eigenvalue weighted by Crippen LogP contribution is 2.31. The maximum atomic E-state index is 13.8. The number of halogens is 1. The Bertz CT molecular complexity index is 1070. The molecule has 0 saturated carbocycles. The number of anilines is 1. The number of hydrogen-bond donors (Lipinski definition) is 2. The number of nitrogens with zero attached hydrogens (tertiary/aromatic N) is 5. The number of aromatic nitrogens is 3. The number of nitrogens with one attached hydrogen (secondary N) is 2. The summed E-state index contributed by atoms with van der Waals surface area (Å²) in [4.78, 5) is 19.3. The molecule has 8 nitrogen and oxygen atoms in total. The molecule has 2 aliphatic rings. The molecule has 0 radical (unpaired) electrons. The zero-order valence-corrected chi connectivity index (χ0v) is 19.1. The fourth-order valence-electron chi connectivity index (χ4n) is 4.34. The molecule has 1 amide bonds. The smallest absolute Gasteiger partial charge is 0.248 e. The summed E-state index contributed by atoms with van der Waals surface area (Å²) in [5.74, 6) is 0.615. The predicted octanol–water partition coefficient (Wildman–Crippen LogP) is 3.09. The van der Waals surface area contributed by atoms with Crippen molar-refractivity contribution in [2.45, 2.75) is 58.8 Å². The van der Waals surface area contributed by atoms with E-state index in [9.17, 15) is 9.18 Å². The normalized spacial score (nSPS) is 19.3. The summed E-state index contributed by atoms with van der Waals surface area (Å²) >= 11 is 0. The largest absolute Gasteiger partial charge is 0.350 e. The van der Waals surface area contributed by atoms with Gasteiger partial charge in [-0.25, -0.2) is 9.37 Å². The minimum atomic E-state index is -1.14. The maximum Gasteiger partial charge on any atom is 0.248 e. The fourth-order valence-corrected chi connectivity index (χ4v) is 4.34. The fraction of sp³-hybridized carbons (Fsp3) is 0.478. The summed E-state index contributed by atoms with van der Waals surface area (Å²) in [7, 11) is 0. The van der Waals surface area contributed by atoms with Crippen molar-refractivity contribution < 1.29 is 9.18 Å². The van der Waals surface area contributed by atoms with Crippen LogP contribution in [0.1, 0.15) is 54.5 Å². The molecule has 170 valence electrons. The van der Waals surface area contributed by atoms with E-state index in [4.69, 9.17) is 0 Å². The molecule has 3 heterocycles. The lowest BCUT2D eigenvalue weighted by Crippen LogP contribution is -2.57. The van der Waals surface area contributed by atoms with Crippen LogP contribution in [-0.2, 0) is 17.8 Å². The van der Waals surface area contributed by atoms with Gasteiger partial charge in [0.1, 0.15) is 11.5 Å². The Kier molecular flexibility index (Phi) is 5.75. The molecule has 2 N–H and O–H groups in total. The number of rotatable bonds is 7. The van der Waals surface area contributed by atoms with Gasteiger partial charge in [0, 0.05) is 29.9 Å². The van der Waals surface area contributed by atoms with Crippen LogP contribution in [0.25, 0.3) is 0 Å². The Morgan fingerprint density at radius 2 is 2.22 bits per heavy atom. The van der Waals surface area contributed by atoms with Crippen LogP contribution in [0.4, 0.5) is 10.2 Å². The van der Waals surface area contributed by atoms with Crippen LogP contribution in [-0.4, -0.2) is 51.6 Å². The highest BCUT2D eigenvalue weighted by atomic mass is 19.1. The van der Waals surface area contributed by atoms with Crippen molar-refractivity contribution in [1.29, 1.82) is 0 Å². The first-order valence-electron chi connectivity index (χ1n) is 10.8. The van der Waals surface area contributed by atoms with Crippen LogP contribution >= 0.6 is 0 Å². The maximum absolute atomic E-state index is 13.8. The van der Waals surface area contributed by atoms with Crippen molar-refractivity contribution >= 4 is 18.4 Å². The summed E-state index contributed by atoms with van der Waals surface area (Å²) in [5.41, 5.74) is 4.38. The highest BCUT2D eigenvalue weighted by molar-refractivity contribution is 5.93. The number of hydrogen-bond acceptors (Lipinski definition) is 6. The van der Waals surface area contributed by atoms with E-state index in [0.29, 0.717) is 25.2 Å². The number of pyridine rings is 1. The van der Waals surface area contributed by atoms with Crippen LogP contribution in [0.5, 0.6) is 0 Å². The summed E-state index contributed by atoms with van der Waals surface area (Å²) in [6, 6.07) is 3.78. The molecule has 32 heavy (non-hydrogen) atoms. The van der Waals surface area contributed by atoms with E-state index >= 15 is 0 Å². The summed E-state index contributed by atoms with van der Waals surface area (Å²) in [6.45, 7) is 12.1. The van der Waals surface area contributed by atoms with Crippen LogP contribution < -0.4 is 10.2 Å². The van der Waals surface area contributed by atoms with Crippen molar-refractivity contribution in [2.24, 2.45) is 5.10 Å². The van der Waals surface area contributed by atoms with Crippen LogP contribution in [0.2, 0.25) is 0 Å². The molecule has 2 aromatic heterocycles. The molecule has 0 bridgehead atoms. The SMILES string of the molecule is C=NN(/C=C(\C)C(=O)N[C@@H]1CCc2c1n[nH]c2C)Cc1ccc(N2CC(C)(F)C2)nc1C. The third-order valence-electron chi connectivity index (χ3n) is 6.18. The first-order chi connectivity index (χ1) is 15.2. The van der Waals surface area contributed by atoms with E-state index < -0.39 is 5.67 Å². The highest BCUT2D eigenvalue weighted by Gasteiger charge is 2.39. The molecule has 0 aromatic carbocycles. The van der Waals surface area contributed by atoms with E-state index in [1.54, 1.807) is 25.1 Å². The molecule has 0 spiro atoms. The van der Waals surface area contributed by atoms with E-state index in [1.807, 2.05) is 30.9 Å². The number of fused-ring (bicyclic) bond motifs is 1. The topological polar surface area (TPSA) is 89.5 Å². The number of carbonyl (C=O) groups is 1. The molecule has 1 atom stereocenters. The van der Waals surface area contributed by atoms with Crippen LogP contribution in [0.3, 0.4) is 0 Å². The van der Waals surface area contributed by atoms with Gasteiger partial charge in [-0.05, 0) is 57.7 Å². The Morgan fingerprint density at radius 1 is 1.47 bits per heavy atom. The van der Waals surface area contributed by atoms with Gasteiger partial charge in [0.15, 0.2) is 0 Å². The number of hydrazone groups is 1. The number of alkyl halides is 1. The summed E-state index contributed by atoms with van der Waals surface area (Å²) in [5, 5.41) is 16.1. The lowest BCUT2D eigenvalue weighted by Gasteiger charge is -2.43. The molecule has 9 heteroatoms. The standard InChI is InChI=1S/C23H30FN7O/c1-14(22(32)27-19-8-7-18-16(3)28-29-21(18)19)10-31(25-5)11-17-6-9-20(26-15(17)2)30-12-23(4,24)13-30/h6,9-10,19H,5,7-8,11-13H2,1-4H3,(H,27,32)(H,28,29)/b14-10+/t19-/m1/s1. The Hall–Kier alpha value is -3.23. The first-order valence-corrected chi connectivity index (χ1v) is 10.8. The second kappa shape index (κ2) is 8.37. The average Bonchev–Trinajstić information content (AvgIpc) is 3.30. The van der Waals surface area contributed by atoms with Crippen molar-refractivity contribution in [3.8, 4) is 0 Å². The summed E-state index contributed by atoms with van der Waals surface area (Å²) in [6.07, 6.45) is 3.45. The Labute approximate surface area is 187 Å². The van der Waals surface area contributed by atoms with E-state index in [2.05, 4.69) is 32.3 Å². The molecular weight excluding hydrogens is 409 g/mol. The van der Waals surface area contributed by atoms with Gasteiger partial charge in [-0.3, -0.25) is 14.9 Å².